The van der Waals surface area contributed by atoms with E-state index in [1.54, 1.807) is 24.5 Å². The van der Waals surface area contributed by atoms with Crippen molar-refractivity contribution >= 4 is 17.7 Å². The third kappa shape index (κ3) is 5.16. The number of carbonyl (C=O) groups is 1. The summed E-state index contributed by atoms with van der Waals surface area (Å²) < 4.78 is 0.249. The summed E-state index contributed by atoms with van der Waals surface area (Å²) >= 11 is 1.84. The molecule has 0 aliphatic heterocycles. The van der Waals surface area contributed by atoms with Crippen molar-refractivity contribution in [3.05, 3.63) is 30.1 Å². The van der Waals surface area contributed by atoms with E-state index in [2.05, 4.69) is 31.1 Å². The molecule has 1 aromatic heterocycles. The van der Waals surface area contributed by atoms with E-state index in [0.29, 0.717) is 12.1 Å². The summed E-state index contributed by atoms with van der Waals surface area (Å²) in [5.41, 5.74) is 0.614. The molecule has 0 aromatic carbocycles. The van der Waals surface area contributed by atoms with Gasteiger partial charge in [0.05, 0.1) is 5.56 Å². The van der Waals surface area contributed by atoms with Gasteiger partial charge in [-0.1, -0.05) is 20.8 Å². The Bertz CT molecular complexity index is 333. The van der Waals surface area contributed by atoms with Crippen molar-refractivity contribution in [3.8, 4) is 0 Å². The van der Waals surface area contributed by atoms with E-state index in [0.717, 1.165) is 5.75 Å². The third-order valence-corrected chi connectivity index (χ3v) is 3.12. The lowest BCUT2D eigenvalue weighted by Gasteiger charge is -2.17. The van der Waals surface area contributed by atoms with Crippen LogP contribution in [0.2, 0.25) is 0 Å². The van der Waals surface area contributed by atoms with Crippen molar-refractivity contribution in [2.24, 2.45) is 0 Å². The molecule has 3 nitrogen and oxygen atoms in total. The number of hydrogen-bond acceptors (Lipinski definition) is 3. The average Bonchev–Trinajstić information content (AvgIpc) is 2.24. The molecule has 1 N–H and O–H groups in total. The molecular weight excluding hydrogens is 220 g/mol. The van der Waals surface area contributed by atoms with Gasteiger partial charge in [0.2, 0.25) is 0 Å². The second-order valence-electron chi connectivity index (χ2n) is 4.46. The van der Waals surface area contributed by atoms with Gasteiger partial charge < -0.3 is 5.32 Å². The molecule has 0 bridgehead atoms. The lowest BCUT2D eigenvalue weighted by molar-refractivity contribution is 0.0956. The number of nitrogens with zero attached hydrogens (tertiary/aromatic N) is 1. The van der Waals surface area contributed by atoms with E-state index in [-0.39, 0.29) is 10.7 Å². The van der Waals surface area contributed by atoms with Crippen LogP contribution in [0.1, 0.15) is 31.1 Å². The number of thioether (sulfide) groups is 1. The van der Waals surface area contributed by atoms with Gasteiger partial charge >= 0.3 is 0 Å². The van der Waals surface area contributed by atoms with Crippen LogP contribution in [0.15, 0.2) is 24.5 Å². The van der Waals surface area contributed by atoms with E-state index >= 15 is 0 Å². The largest absolute Gasteiger partial charge is 0.351 e. The maximum atomic E-state index is 11.6. The van der Waals surface area contributed by atoms with Gasteiger partial charge in [-0.25, -0.2) is 0 Å². The Balaban J connectivity index is 2.27. The Morgan fingerprint density at radius 3 is 2.81 bits per heavy atom. The maximum absolute atomic E-state index is 11.6. The monoisotopic (exact) mass is 238 g/mol. The minimum Gasteiger partial charge on any atom is -0.351 e. The van der Waals surface area contributed by atoms with Gasteiger partial charge in [0.25, 0.3) is 5.91 Å². The first-order valence-corrected chi connectivity index (χ1v) is 6.30. The van der Waals surface area contributed by atoms with Gasteiger partial charge in [-0.3, -0.25) is 9.78 Å². The Hall–Kier alpha value is -1.03. The van der Waals surface area contributed by atoms with Gasteiger partial charge in [-0.15, -0.1) is 0 Å². The highest BCUT2D eigenvalue weighted by Crippen LogP contribution is 2.21. The van der Waals surface area contributed by atoms with Gasteiger partial charge in [-0.2, -0.15) is 11.8 Å². The number of aromatic nitrogens is 1. The number of amides is 1. The molecule has 0 spiro atoms. The molecule has 1 amide bonds. The predicted octanol–water partition coefficient (Wildman–Crippen LogP) is 2.34. The molecule has 0 radical (unpaired) electrons. The van der Waals surface area contributed by atoms with Crippen molar-refractivity contribution < 1.29 is 4.79 Å². The molecule has 1 rings (SSSR count). The first kappa shape index (κ1) is 13.0. The maximum Gasteiger partial charge on any atom is 0.252 e. The fourth-order valence-electron chi connectivity index (χ4n) is 1.12. The Labute approximate surface area is 101 Å². The fourth-order valence-corrected chi connectivity index (χ4v) is 1.94. The van der Waals surface area contributed by atoms with Crippen LogP contribution in [0.25, 0.3) is 0 Å². The Kier molecular flexibility index (Phi) is 4.80. The van der Waals surface area contributed by atoms with Crippen molar-refractivity contribution in [2.75, 3.05) is 12.3 Å². The number of carbonyl (C=O) groups excluding carboxylic acids is 1. The number of hydrogen-bond donors (Lipinski definition) is 1. The lowest BCUT2D eigenvalue weighted by Crippen LogP contribution is -2.26. The first-order chi connectivity index (χ1) is 7.49. The Morgan fingerprint density at radius 1 is 1.50 bits per heavy atom. The molecular formula is C12H18N2OS. The van der Waals surface area contributed by atoms with E-state index in [4.69, 9.17) is 0 Å². The quantitative estimate of drug-likeness (QED) is 0.819. The van der Waals surface area contributed by atoms with Crippen LogP contribution in [0.5, 0.6) is 0 Å². The minimum absolute atomic E-state index is 0.0531. The van der Waals surface area contributed by atoms with Crippen LogP contribution < -0.4 is 5.32 Å². The predicted molar refractivity (Wildman–Crippen MR) is 68.8 cm³/mol. The Morgan fingerprint density at radius 2 is 2.25 bits per heavy atom. The summed E-state index contributed by atoms with van der Waals surface area (Å²) in [5, 5.41) is 2.87. The van der Waals surface area contributed by atoms with Crippen molar-refractivity contribution in [1.82, 2.24) is 10.3 Å². The summed E-state index contributed by atoms with van der Waals surface area (Å²) in [4.78, 5) is 15.5. The fraction of sp³-hybridized carbons (Fsp3) is 0.500. The standard InChI is InChI=1S/C12H18N2OS/c1-12(2,3)16-8-7-14-11(15)10-5-4-6-13-9-10/h4-6,9H,7-8H2,1-3H3,(H,14,15). The van der Waals surface area contributed by atoms with E-state index < -0.39 is 0 Å². The molecule has 4 heteroatoms. The normalized spacial score (nSPS) is 11.2. The third-order valence-electron chi connectivity index (χ3n) is 1.85. The number of rotatable bonds is 4. The van der Waals surface area contributed by atoms with Crippen molar-refractivity contribution in [3.63, 3.8) is 0 Å². The van der Waals surface area contributed by atoms with Gasteiger partial charge in [-0.05, 0) is 12.1 Å². The molecule has 0 aliphatic carbocycles. The number of nitrogens with one attached hydrogen (secondary N) is 1. The lowest BCUT2D eigenvalue weighted by atomic mass is 10.3. The topological polar surface area (TPSA) is 42.0 Å². The summed E-state index contributed by atoms with van der Waals surface area (Å²) in [6, 6.07) is 3.53. The molecule has 16 heavy (non-hydrogen) atoms. The molecule has 0 saturated heterocycles. The average molecular weight is 238 g/mol. The van der Waals surface area contributed by atoms with Crippen LogP contribution in [-0.2, 0) is 0 Å². The highest BCUT2D eigenvalue weighted by molar-refractivity contribution is 8.00. The van der Waals surface area contributed by atoms with Gasteiger partial charge in [0.1, 0.15) is 0 Å². The molecule has 0 saturated carbocycles. The first-order valence-electron chi connectivity index (χ1n) is 5.31. The van der Waals surface area contributed by atoms with Crippen LogP contribution in [0.4, 0.5) is 0 Å². The molecule has 0 unspecified atom stereocenters. The minimum atomic E-state index is -0.0531. The molecule has 0 atom stereocenters. The molecule has 1 heterocycles. The smallest absolute Gasteiger partial charge is 0.252 e. The zero-order valence-electron chi connectivity index (χ0n) is 9.99. The van der Waals surface area contributed by atoms with E-state index in [9.17, 15) is 4.79 Å². The highest BCUT2D eigenvalue weighted by Gasteiger charge is 2.10. The SMILES string of the molecule is CC(C)(C)SCCNC(=O)c1cccnc1. The molecule has 0 fully saturated rings. The summed E-state index contributed by atoms with van der Waals surface area (Å²) in [6.07, 6.45) is 3.23. The van der Waals surface area contributed by atoms with E-state index in [1.807, 2.05) is 11.8 Å². The molecule has 1 aromatic rings. The van der Waals surface area contributed by atoms with Crippen molar-refractivity contribution in [2.45, 2.75) is 25.5 Å². The van der Waals surface area contributed by atoms with Gasteiger partial charge in [0, 0.05) is 29.4 Å². The van der Waals surface area contributed by atoms with Crippen LogP contribution in [0, 0.1) is 0 Å². The molecule has 0 aliphatic rings. The second-order valence-corrected chi connectivity index (χ2v) is 6.38. The van der Waals surface area contributed by atoms with Crippen LogP contribution in [0.3, 0.4) is 0 Å². The van der Waals surface area contributed by atoms with E-state index in [1.165, 1.54) is 0 Å². The van der Waals surface area contributed by atoms with Crippen LogP contribution in [-0.4, -0.2) is 27.9 Å². The summed E-state index contributed by atoms with van der Waals surface area (Å²) in [6.45, 7) is 7.19. The van der Waals surface area contributed by atoms with Crippen LogP contribution >= 0.6 is 11.8 Å². The van der Waals surface area contributed by atoms with Gasteiger partial charge in [0.15, 0.2) is 0 Å². The molecule has 88 valence electrons. The zero-order chi connectivity index (χ0) is 12.0. The summed E-state index contributed by atoms with van der Waals surface area (Å²) in [7, 11) is 0. The second kappa shape index (κ2) is 5.89. The summed E-state index contributed by atoms with van der Waals surface area (Å²) in [5.74, 6) is 0.873. The van der Waals surface area contributed by atoms with Crippen molar-refractivity contribution in [1.29, 1.82) is 0 Å². The number of pyridine rings is 1. The highest BCUT2D eigenvalue weighted by atomic mass is 32.2. The zero-order valence-corrected chi connectivity index (χ0v) is 10.8.